The van der Waals surface area contributed by atoms with Crippen molar-refractivity contribution < 1.29 is 9.90 Å². The summed E-state index contributed by atoms with van der Waals surface area (Å²) in [5, 5.41) is 9.47. The molecule has 21 heavy (non-hydrogen) atoms. The summed E-state index contributed by atoms with van der Waals surface area (Å²) in [5.41, 5.74) is 2.44. The zero-order chi connectivity index (χ0) is 15.0. The average Bonchev–Trinajstić information content (AvgIpc) is 2.99. The van der Waals surface area contributed by atoms with E-state index in [1.165, 1.54) is 0 Å². The van der Waals surface area contributed by atoms with Gasteiger partial charge in [0.1, 0.15) is 12.4 Å². The highest BCUT2D eigenvalue weighted by atomic mass is 32.1. The Morgan fingerprint density at radius 1 is 1.33 bits per heavy atom. The molecule has 3 rings (SSSR count). The summed E-state index contributed by atoms with van der Waals surface area (Å²) in [7, 11) is 0. The van der Waals surface area contributed by atoms with Gasteiger partial charge in [-0.3, -0.25) is 4.79 Å². The monoisotopic (exact) mass is 300 g/mol. The van der Waals surface area contributed by atoms with Gasteiger partial charge in [0.25, 0.3) is 0 Å². The number of aliphatic hydroxyl groups is 1. The van der Waals surface area contributed by atoms with Crippen molar-refractivity contribution in [2.45, 2.75) is 27.0 Å². The minimum Gasteiger partial charge on any atom is -0.388 e. The molecule has 0 unspecified atom stereocenters. The molecule has 108 valence electrons. The number of para-hydroxylation sites is 2. The van der Waals surface area contributed by atoms with Gasteiger partial charge in [-0.1, -0.05) is 12.1 Å². The number of hydrogen-bond acceptors (Lipinski definition) is 4. The molecule has 0 saturated heterocycles. The van der Waals surface area contributed by atoms with Crippen molar-refractivity contribution in [3.8, 4) is 0 Å². The van der Waals surface area contributed by atoms with Gasteiger partial charge in [-0.25, -0.2) is 4.98 Å². The molecule has 1 N–H and O–H groups in total. The number of carbonyl (C=O) groups is 1. The van der Waals surface area contributed by atoms with Gasteiger partial charge in [-0.15, -0.1) is 11.3 Å². The number of imidazole rings is 1. The molecule has 0 amide bonds. The van der Waals surface area contributed by atoms with E-state index in [0.717, 1.165) is 26.4 Å². The molecule has 0 aliphatic carbocycles. The fraction of sp³-hybridized carbons (Fsp3) is 0.250. The molecule has 0 spiro atoms. The standard InChI is InChI=1S/C16H16N2O2S/c1-10-7-12(11(2)21-10)15(20)8-18-14-6-4-3-5-13(14)17-16(18)9-19/h3-7,19H,8-9H2,1-2H3. The number of hydrogen-bond donors (Lipinski definition) is 1. The number of fused-ring (bicyclic) bond motifs is 1. The number of carbonyl (C=O) groups excluding carboxylic acids is 1. The summed E-state index contributed by atoms with van der Waals surface area (Å²) in [6.07, 6.45) is 0. The van der Waals surface area contributed by atoms with E-state index in [9.17, 15) is 9.90 Å². The molecule has 2 aromatic heterocycles. The van der Waals surface area contributed by atoms with Crippen LogP contribution in [0.4, 0.5) is 0 Å². The van der Waals surface area contributed by atoms with Crippen LogP contribution in [0.2, 0.25) is 0 Å². The smallest absolute Gasteiger partial charge is 0.183 e. The van der Waals surface area contributed by atoms with Crippen LogP contribution in [0.5, 0.6) is 0 Å². The molecule has 1 aromatic carbocycles. The van der Waals surface area contributed by atoms with Crippen LogP contribution in [-0.4, -0.2) is 20.4 Å². The molecule has 5 heteroatoms. The van der Waals surface area contributed by atoms with Crippen LogP contribution in [0, 0.1) is 13.8 Å². The molecule has 4 nitrogen and oxygen atoms in total. The van der Waals surface area contributed by atoms with Crippen molar-refractivity contribution in [3.05, 3.63) is 51.5 Å². The van der Waals surface area contributed by atoms with Crippen LogP contribution < -0.4 is 0 Å². The quantitative estimate of drug-likeness (QED) is 0.753. The summed E-state index contributed by atoms with van der Waals surface area (Å²) in [6.45, 7) is 3.99. The predicted octanol–water partition coefficient (Wildman–Crippen LogP) is 3.09. The van der Waals surface area contributed by atoms with Gasteiger partial charge in [0.2, 0.25) is 0 Å². The number of thiophene rings is 1. The van der Waals surface area contributed by atoms with Crippen LogP contribution >= 0.6 is 11.3 Å². The second kappa shape index (κ2) is 5.42. The van der Waals surface area contributed by atoms with E-state index in [-0.39, 0.29) is 18.9 Å². The van der Waals surface area contributed by atoms with Crippen LogP contribution in [-0.2, 0) is 13.2 Å². The lowest BCUT2D eigenvalue weighted by Crippen LogP contribution is -2.13. The highest BCUT2D eigenvalue weighted by Gasteiger charge is 2.16. The first-order valence-corrected chi connectivity index (χ1v) is 7.57. The number of aryl methyl sites for hydroxylation is 2. The zero-order valence-corrected chi connectivity index (χ0v) is 12.8. The lowest BCUT2D eigenvalue weighted by molar-refractivity contribution is 0.0970. The molecule has 0 bridgehead atoms. The number of aliphatic hydroxyl groups excluding tert-OH is 1. The van der Waals surface area contributed by atoms with E-state index < -0.39 is 0 Å². The maximum absolute atomic E-state index is 12.5. The first-order chi connectivity index (χ1) is 10.1. The summed E-state index contributed by atoms with van der Waals surface area (Å²) in [4.78, 5) is 19.1. The summed E-state index contributed by atoms with van der Waals surface area (Å²) in [5.74, 6) is 0.573. The predicted molar refractivity (Wildman–Crippen MR) is 83.8 cm³/mol. The minimum absolute atomic E-state index is 0.0507. The van der Waals surface area contributed by atoms with Crippen LogP contribution in [0.15, 0.2) is 30.3 Å². The molecule has 0 fully saturated rings. The van der Waals surface area contributed by atoms with Gasteiger partial charge in [0.05, 0.1) is 17.6 Å². The molecule has 2 heterocycles. The maximum Gasteiger partial charge on any atom is 0.183 e. The van der Waals surface area contributed by atoms with E-state index in [1.54, 1.807) is 15.9 Å². The highest BCUT2D eigenvalue weighted by molar-refractivity contribution is 7.12. The third-order valence-corrected chi connectivity index (χ3v) is 4.48. The van der Waals surface area contributed by atoms with Gasteiger partial charge >= 0.3 is 0 Å². The minimum atomic E-state index is -0.177. The van der Waals surface area contributed by atoms with E-state index >= 15 is 0 Å². The fourth-order valence-corrected chi connectivity index (χ4v) is 3.50. The van der Waals surface area contributed by atoms with Crippen molar-refractivity contribution in [2.24, 2.45) is 0 Å². The second-order valence-corrected chi connectivity index (χ2v) is 6.47. The molecule has 0 aliphatic heterocycles. The van der Waals surface area contributed by atoms with E-state index in [2.05, 4.69) is 4.98 Å². The Morgan fingerprint density at radius 2 is 2.10 bits per heavy atom. The van der Waals surface area contributed by atoms with Gasteiger partial charge in [-0.2, -0.15) is 0 Å². The molecule has 0 aliphatic rings. The molecule has 0 atom stereocenters. The number of rotatable bonds is 4. The molecular formula is C16H16N2O2S. The van der Waals surface area contributed by atoms with Gasteiger partial charge in [-0.05, 0) is 32.0 Å². The SMILES string of the molecule is Cc1cc(C(=O)Cn2c(CO)nc3ccccc32)c(C)s1. The van der Waals surface area contributed by atoms with Gasteiger partial charge < -0.3 is 9.67 Å². The van der Waals surface area contributed by atoms with Crippen LogP contribution in [0.1, 0.15) is 25.9 Å². The highest BCUT2D eigenvalue weighted by Crippen LogP contribution is 2.23. The lowest BCUT2D eigenvalue weighted by Gasteiger charge is -2.07. The fourth-order valence-electron chi connectivity index (χ4n) is 2.56. The first-order valence-electron chi connectivity index (χ1n) is 6.75. The van der Waals surface area contributed by atoms with E-state index in [0.29, 0.717) is 5.82 Å². The van der Waals surface area contributed by atoms with Crippen molar-refractivity contribution in [1.29, 1.82) is 0 Å². The third kappa shape index (κ3) is 2.50. The molecular weight excluding hydrogens is 284 g/mol. The molecule has 0 saturated carbocycles. The van der Waals surface area contributed by atoms with Crippen molar-refractivity contribution >= 4 is 28.2 Å². The Morgan fingerprint density at radius 3 is 2.76 bits per heavy atom. The summed E-state index contributed by atoms with van der Waals surface area (Å²) in [6, 6.07) is 9.54. The lowest BCUT2D eigenvalue weighted by atomic mass is 10.1. The Kier molecular flexibility index (Phi) is 3.61. The van der Waals surface area contributed by atoms with Crippen molar-refractivity contribution in [2.75, 3.05) is 0 Å². The first kappa shape index (κ1) is 14.0. The van der Waals surface area contributed by atoms with Crippen LogP contribution in [0.25, 0.3) is 11.0 Å². The van der Waals surface area contributed by atoms with Crippen LogP contribution in [0.3, 0.4) is 0 Å². The van der Waals surface area contributed by atoms with Gasteiger partial charge in [0, 0.05) is 15.3 Å². The Bertz CT molecular complexity index is 817. The van der Waals surface area contributed by atoms with Crippen molar-refractivity contribution in [3.63, 3.8) is 0 Å². The Balaban J connectivity index is 2.01. The number of ketones is 1. The average molecular weight is 300 g/mol. The summed E-state index contributed by atoms with van der Waals surface area (Å²) < 4.78 is 1.80. The maximum atomic E-state index is 12.5. The Labute approximate surface area is 126 Å². The molecule has 0 radical (unpaired) electrons. The van der Waals surface area contributed by atoms with Crippen molar-refractivity contribution in [1.82, 2.24) is 9.55 Å². The van der Waals surface area contributed by atoms with E-state index in [1.807, 2.05) is 44.2 Å². The summed E-state index contributed by atoms with van der Waals surface area (Å²) >= 11 is 1.63. The molecule has 3 aromatic rings. The zero-order valence-electron chi connectivity index (χ0n) is 12.0. The number of Topliss-reactive ketones (excluding diaryl/α,β-unsaturated/α-hetero) is 1. The topological polar surface area (TPSA) is 55.1 Å². The van der Waals surface area contributed by atoms with E-state index in [4.69, 9.17) is 0 Å². The normalized spacial score (nSPS) is 11.2. The second-order valence-electron chi connectivity index (χ2n) is 5.01. The number of nitrogens with zero attached hydrogens (tertiary/aromatic N) is 2. The Hall–Kier alpha value is -1.98. The largest absolute Gasteiger partial charge is 0.388 e. The number of benzene rings is 1. The third-order valence-electron chi connectivity index (χ3n) is 3.52. The number of aromatic nitrogens is 2. The van der Waals surface area contributed by atoms with Gasteiger partial charge in [0.15, 0.2) is 5.78 Å².